The fourth-order valence-electron chi connectivity index (χ4n) is 2.92. The molecule has 0 fully saturated rings. The van der Waals surface area contributed by atoms with Crippen molar-refractivity contribution >= 4 is 0 Å². The maximum Gasteiger partial charge on any atom is 0.174 e. The van der Waals surface area contributed by atoms with E-state index in [1.165, 1.54) is 5.56 Å². The fraction of sp³-hybridized carbons (Fsp3) is 0.0952. The number of aromatic nitrogens is 2. The van der Waals surface area contributed by atoms with E-state index < -0.39 is 0 Å². The molecule has 2 heterocycles. The summed E-state index contributed by atoms with van der Waals surface area (Å²) >= 11 is 0. The molecule has 3 heteroatoms. The van der Waals surface area contributed by atoms with Gasteiger partial charge >= 0.3 is 0 Å². The SMILES string of the molecule is Cc1ccccc1-c1ccc(-c2nc(C)c(-c3ccccc3)[nH]2)o1. The summed E-state index contributed by atoms with van der Waals surface area (Å²) in [5, 5.41) is 0. The van der Waals surface area contributed by atoms with Gasteiger partial charge in [0, 0.05) is 5.56 Å². The van der Waals surface area contributed by atoms with E-state index in [1.54, 1.807) is 0 Å². The fourth-order valence-corrected chi connectivity index (χ4v) is 2.92. The van der Waals surface area contributed by atoms with E-state index in [-0.39, 0.29) is 0 Å². The zero-order valence-corrected chi connectivity index (χ0v) is 13.7. The van der Waals surface area contributed by atoms with Crippen molar-refractivity contribution in [3.05, 3.63) is 78.0 Å². The molecule has 0 amide bonds. The lowest BCUT2D eigenvalue weighted by Gasteiger charge is -2.01. The normalized spacial score (nSPS) is 10.9. The van der Waals surface area contributed by atoms with Gasteiger partial charge in [-0.05, 0) is 37.1 Å². The summed E-state index contributed by atoms with van der Waals surface area (Å²) in [6, 6.07) is 22.4. The van der Waals surface area contributed by atoms with Crippen LogP contribution in [0.2, 0.25) is 0 Å². The van der Waals surface area contributed by atoms with Crippen LogP contribution in [0.25, 0.3) is 34.2 Å². The lowest BCUT2D eigenvalue weighted by molar-refractivity contribution is 0.592. The number of H-pyrrole nitrogens is 1. The molecule has 4 aromatic rings. The second-order valence-corrected chi connectivity index (χ2v) is 5.89. The van der Waals surface area contributed by atoms with Gasteiger partial charge in [-0.25, -0.2) is 4.98 Å². The predicted octanol–water partition coefficient (Wildman–Crippen LogP) is 5.62. The van der Waals surface area contributed by atoms with Crippen LogP contribution in [0.1, 0.15) is 11.3 Å². The van der Waals surface area contributed by atoms with E-state index in [2.05, 4.69) is 41.2 Å². The zero-order valence-electron chi connectivity index (χ0n) is 13.7. The standard InChI is InChI=1S/C21H18N2O/c1-14-8-6-7-11-17(14)18-12-13-19(24-18)21-22-15(2)20(23-21)16-9-4-3-5-10-16/h3-13H,1-2H3,(H,22,23). The predicted molar refractivity (Wildman–Crippen MR) is 96.6 cm³/mol. The molecule has 0 unspecified atom stereocenters. The average molecular weight is 314 g/mol. The van der Waals surface area contributed by atoms with Crippen LogP contribution in [0, 0.1) is 13.8 Å². The van der Waals surface area contributed by atoms with Crippen molar-refractivity contribution in [1.29, 1.82) is 0 Å². The molecule has 2 aromatic carbocycles. The van der Waals surface area contributed by atoms with Crippen LogP contribution >= 0.6 is 0 Å². The Hall–Kier alpha value is -3.07. The minimum atomic E-state index is 0.749. The van der Waals surface area contributed by atoms with Crippen molar-refractivity contribution in [1.82, 2.24) is 9.97 Å². The molecule has 0 radical (unpaired) electrons. The Kier molecular flexibility index (Phi) is 3.54. The van der Waals surface area contributed by atoms with Crippen molar-refractivity contribution in [3.8, 4) is 34.2 Å². The summed E-state index contributed by atoms with van der Waals surface area (Å²) in [6.45, 7) is 4.09. The van der Waals surface area contributed by atoms with Crippen LogP contribution in [-0.2, 0) is 0 Å². The van der Waals surface area contributed by atoms with Crippen molar-refractivity contribution in [2.75, 3.05) is 0 Å². The monoisotopic (exact) mass is 314 g/mol. The van der Waals surface area contributed by atoms with Crippen molar-refractivity contribution in [2.45, 2.75) is 13.8 Å². The van der Waals surface area contributed by atoms with E-state index in [0.29, 0.717) is 0 Å². The largest absolute Gasteiger partial charge is 0.453 e. The van der Waals surface area contributed by atoms with Gasteiger partial charge in [0.1, 0.15) is 5.76 Å². The Morgan fingerprint density at radius 3 is 2.29 bits per heavy atom. The molecule has 0 saturated carbocycles. The molecule has 4 rings (SSSR count). The Balaban J connectivity index is 1.72. The number of furan rings is 1. The highest BCUT2D eigenvalue weighted by molar-refractivity contribution is 5.68. The first-order valence-corrected chi connectivity index (χ1v) is 8.00. The molecule has 0 saturated heterocycles. The highest BCUT2D eigenvalue weighted by Gasteiger charge is 2.14. The first kappa shape index (κ1) is 14.5. The van der Waals surface area contributed by atoms with Gasteiger partial charge in [-0.15, -0.1) is 0 Å². The third kappa shape index (κ3) is 2.54. The minimum absolute atomic E-state index is 0.749. The molecule has 2 aromatic heterocycles. The van der Waals surface area contributed by atoms with Crippen molar-refractivity contribution < 1.29 is 4.42 Å². The summed E-state index contributed by atoms with van der Waals surface area (Å²) in [6.07, 6.45) is 0. The highest BCUT2D eigenvalue weighted by Crippen LogP contribution is 2.31. The molecule has 0 aliphatic carbocycles. The zero-order chi connectivity index (χ0) is 16.5. The Bertz CT molecular complexity index is 980. The van der Waals surface area contributed by atoms with E-state index in [4.69, 9.17) is 4.42 Å². The molecular weight excluding hydrogens is 296 g/mol. The number of imidazole rings is 1. The number of nitrogens with zero attached hydrogens (tertiary/aromatic N) is 1. The van der Waals surface area contributed by atoms with Gasteiger partial charge in [0.25, 0.3) is 0 Å². The molecule has 0 bridgehead atoms. The van der Waals surface area contributed by atoms with Crippen LogP contribution in [0.4, 0.5) is 0 Å². The van der Waals surface area contributed by atoms with E-state index >= 15 is 0 Å². The Labute approximate surface area is 141 Å². The lowest BCUT2D eigenvalue weighted by Crippen LogP contribution is -1.80. The van der Waals surface area contributed by atoms with Gasteiger partial charge in [-0.1, -0.05) is 54.6 Å². The topological polar surface area (TPSA) is 41.8 Å². The van der Waals surface area contributed by atoms with Crippen molar-refractivity contribution in [2.24, 2.45) is 0 Å². The van der Waals surface area contributed by atoms with E-state index in [1.807, 2.05) is 49.4 Å². The molecule has 1 N–H and O–H groups in total. The van der Waals surface area contributed by atoms with E-state index in [9.17, 15) is 0 Å². The van der Waals surface area contributed by atoms with Crippen molar-refractivity contribution in [3.63, 3.8) is 0 Å². The number of aryl methyl sites for hydroxylation is 2. The summed E-state index contributed by atoms with van der Waals surface area (Å²) in [5.41, 5.74) is 5.42. The molecule has 0 atom stereocenters. The third-order valence-corrected chi connectivity index (χ3v) is 4.20. The number of aromatic amines is 1. The number of hydrogen-bond donors (Lipinski definition) is 1. The molecular formula is C21H18N2O. The maximum atomic E-state index is 6.05. The quantitative estimate of drug-likeness (QED) is 0.533. The third-order valence-electron chi connectivity index (χ3n) is 4.20. The summed E-state index contributed by atoms with van der Waals surface area (Å²) < 4.78 is 6.05. The molecule has 24 heavy (non-hydrogen) atoms. The smallest absolute Gasteiger partial charge is 0.174 e. The molecule has 3 nitrogen and oxygen atoms in total. The second kappa shape index (κ2) is 5.85. The van der Waals surface area contributed by atoms with Crippen LogP contribution in [0.3, 0.4) is 0 Å². The number of benzene rings is 2. The number of nitrogens with one attached hydrogen (secondary N) is 1. The summed E-state index contributed by atoms with van der Waals surface area (Å²) in [4.78, 5) is 8.03. The van der Waals surface area contributed by atoms with Gasteiger partial charge in [0.15, 0.2) is 11.6 Å². The summed E-state index contributed by atoms with van der Waals surface area (Å²) in [7, 11) is 0. The Morgan fingerprint density at radius 2 is 1.50 bits per heavy atom. The molecule has 0 aliphatic rings. The van der Waals surface area contributed by atoms with Crippen LogP contribution in [-0.4, -0.2) is 9.97 Å². The lowest BCUT2D eigenvalue weighted by atomic mass is 10.1. The summed E-state index contributed by atoms with van der Waals surface area (Å²) in [5.74, 6) is 2.36. The highest BCUT2D eigenvalue weighted by atomic mass is 16.3. The average Bonchev–Trinajstić information content (AvgIpc) is 3.23. The Morgan fingerprint density at radius 1 is 0.792 bits per heavy atom. The first-order valence-electron chi connectivity index (χ1n) is 8.00. The van der Waals surface area contributed by atoms with Gasteiger partial charge < -0.3 is 9.40 Å². The van der Waals surface area contributed by atoms with Gasteiger partial charge in [0.2, 0.25) is 0 Å². The van der Waals surface area contributed by atoms with Gasteiger partial charge in [-0.3, -0.25) is 0 Å². The van der Waals surface area contributed by atoms with Gasteiger partial charge in [-0.2, -0.15) is 0 Å². The minimum Gasteiger partial charge on any atom is -0.453 e. The van der Waals surface area contributed by atoms with Crippen LogP contribution < -0.4 is 0 Å². The van der Waals surface area contributed by atoms with Crippen LogP contribution in [0.15, 0.2) is 71.1 Å². The molecule has 0 spiro atoms. The molecule has 0 aliphatic heterocycles. The van der Waals surface area contributed by atoms with Gasteiger partial charge in [0.05, 0.1) is 11.4 Å². The maximum absolute atomic E-state index is 6.05. The van der Waals surface area contributed by atoms with Crippen LogP contribution in [0.5, 0.6) is 0 Å². The van der Waals surface area contributed by atoms with E-state index in [0.717, 1.165) is 39.9 Å². The number of rotatable bonds is 3. The first-order chi connectivity index (χ1) is 11.7. The number of hydrogen-bond acceptors (Lipinski definition) is 2. The second-order valence-electron chi connectivity index (χ2n) is 5.89. The molecule has 118 valence electrons.